The number of hydrogen-bond acceptors (Lipinski definition) is 4. The normalized spacial score (nSPS) is 11.5. The monoisotopic (exact) mass is 342 g/mol. The van der Waals surface area contributed by atoms with Crippen molar-refractivity contribution < 1.29 is 17.9 Å². The topological polar surface area (TPSA) is 84.5 Å². The van der Waals surface area contributed by atoms with Crippen molar-refractivity contribution >= 4 is 15.9 Å². The SMILES string of the molecule is CCOc1ccc(S(=O)(=O)NCCNC(=O)C(CC)CC)cc1. The minimum Gasteiger partial charge on any atom is -0.494 e. The molecule has 1 amide bonds. The van der Waals surface area contributed by atoms with E-state index in [1.165, 1.54) is 12.1 Å². The van der Waals surface area contributed by atoms with Crippen molar-refractivity contribution in [1.82, 2.24) is 10.0 Å². The molecular weight excluding hydrogens is 316 g/mol. The number of nitrogens with one attached hydrogen (secondary N) is 2. The first-order valence-electron chi connectivity index (χ1n) is 7.94. The summed E-state index contributed by atoms with van der Waals surface area (Å²) < 4.78 is 32.0. The predicted molar refractivity (Wildman–Crippen MR) is 89.9 cm³/mol. The molecule has 0 aromatic heterocycles. The molecule has 0 saturated heterocycles. The molecule has 0 spiro atoms. The second-order valence-corrected chi connectivity index (χ2v) is 6.87. The smallest absolute Gasteiger partial charge is 0.240 e. The van der Waals surface area contributed by atoms with Crippen LogP contribution in [0, 0.1) is 5.92 Å². The van der Waals surface area contributed by atoms with Crippen LogP contribution in [0.15, 0.2) is 29.2 Å². The van der Waals surface area contributed by atoms with Gasteiger partial charge in [0.05, 0.1) is 11.5 Å². The lowest BCUT2D eigenvalue weighted by Gasteiger charge is -2.13. The van der Waals surface area contributed by atoms with Crippen molar-refractivity contribution in [3.63, 3.8) is 0 Å². The van der Waals surface area contributed by atoms with Crippen molar-refractivity contribution in [3.05, 3.63) is 24.3 Å². The Morgan fingerprint density at radius 3 is 2.22 bits per heavy atom. The van der Waals surface area contributed by atoms with Crippen LogP contribution >= 0.6 is 0 Å². The number of carbonyl (C=O) groups is 1. The van der Waals surface area contributed by atoms with E-state index in [0.717, 1.165) is 12.8 Å². The summed E-state index contributed by atoms with van der Waals surface area (Å²) in [4.78, 5) is 12.0. The number of carbonyl (C=O) groups excluding carboxylic acids is 1. The third kappa shape index (κ3) is 6.19. The highest BCUT2D eigenvalue weighted by molar-refractivity contribution is 7.89. The highest BCUT2D eigenvalue weighted by Crippen LogP contribution is 2.15. The molecule has 0 fully saturated rings. The van der Waals surface area contributed by atoms with E-state index in [-0.39, 0.29) is 29.8 Å². The zero-order valence-electron chi connectivity index (χ0n) is 14.0. The second kappa shape index (κ2) is 9.52. The van der Waals surface area contributed by atoms with E-state index in [0.29, 0.717) is 12.4 Å². The first kappa shape index (κ1) is 19.4. The van der Waals surface area contributed by atoms with Gasteiger partial charge in [0.2, 0.25) is 15.9 Å². The Bertz CT molecular complexity index is 581. The van der Waals surface area contributed by atoms with E-state index < -0.39 is 10.0 Å². The van der Waals surface area contributed by atoms with E-state index in [2.05, 4.69) is 10.0 Å². The molecule has 2 N–H and O–H groups in total. The molecule has 1 aromatic rings. The molecule has 7 heteroatoms. The van der Waals surface area contributed by atoms with Gasteiger partial charge in [0.25, 0.3) is 0 Å². The van der Waals surface area contributed by atoms with Gasteiger partial charge in [-0.3, -0.25) is 4.79 Å². The van der Waals surface area contributed by atoms with Crippen LogP contribution in [0.3, 0.4) is 0 Å². The van der Waals surface area contributed by atoms with E-state index in [4.69, 9.17) is 4.74 Å². The summed E-state index contributed by atoms with van der Waals surface area (Å²) in [5.74, 6) is 0.580. The molecule has 1 rings (SSSR count). The fourth-order valence-electron chi connectivity index (χ4n) is 2.14. The van der Waals surface area contributed by atoms with E-state index in [1.54, 1.807) is 12.1 Å². The van der Waals surface area contributed by atoms with Gasteiger partial charge in [-0.05, 0) is 44.0 Å². The molecule has 0 radical (unpaired) electrons. The zero-order valence-corrected chi connectivity index (χ0v) is 14.8. The molecule has 0 unspecified atom stereocenters. The van der Waals surface area contributed by atoms with Crippen molar-refractivity contribution in [2.24, 2.45) is 5.92 Å². The number of hydrogen-bond donors (Lipinski definition) is 2. The Morgan fingerprint density at radius 2 is 1.70 bits per heavy atom. The lowest BCUT2D eigenvalue weighted by Crippen LogP contribution is -2.37. The van der Waals surface area contributed by atoms with Gasteiger partial charge in [-0.15, -0.1) is 0 Å². The molecule has 0 heterocycles. The Morgan fingerprint density at radius 1 is 1.09 bits per heavy atom. The van der Waals surface area contributed by atoms with Crippen LogP contribution in [0.4, 0.5) is 0 Å². The minimum atomic E-state index is -3.58. The number of ether oxygens (including phenoxy) is 1. The average Bonchev–Trinajstić information content (AvgIpc) is 2.53. The minimum absolute atomic E-state index is 0.0160. The lowest BCUT2D eigenvalue weighted by molar-refractivity contribution is -0.125. The van der Waals surface area contributed by atoms with E-state index >= 15 is 0 Å². The molecule has 0 aliphatic carbocycles. The third-order valence-corrected chi connectivity index (χ3v) is 4.99. The summed E-state index contributed by atoms with van der Waals surface area (Å²) in [6.07, 6.45) is 1.56. The Hall–Kier alpha value is -1.60. The van der Waals surface area contributed by atoms with Crippen molar-refractivity contribution in [2.75, 3.05) is 19.7 Å². The van der Waals surface area contributed by atoms with Crippen LogP contribution in [0.5, 0.6) is 5.75 Å². The Balaban J connectivity index is 2.48. The second-order valence-electron chi connectivity index (χ2n) is 5.11. The van der Waals surface area contributed by atoms with Crippen LogP contribution in [-0.2, 0) is 14.8 Å². The zero-order chi connectivity index (χ0) is 17.3. The van der Waals surface area contributed by atoms with Crippen LogP contribution in [0.25, 0.3) is 0 Å². The van der Waals surface area contributed by atoms with Gasteiger partial charge in [0, 0.05) is 19.0 Å². The molecule has 130 valence electrons. The van der Waals surface area contributed by atoms with Gasteiger partial charge in [-0.1, -0.05) is 13.8 Å². The highest BCUT2D eigenvalue weighted by atomic mass is 32.2. The first-order chi connectivity index (χ1) is 10.9. The summed E-state index contributed by atoms with van der Waals surface area (Å²) in [7, 11) is -3.58. The molecule has 1 aromatic carbocycles. The van der Waals surface area contributed by atoms with Crippen molar-refractivity contribution in [2.45, 2.75) is 38.5 Å². The van der Waals surface area contributed by atoms with Gasteiger partial charge in [-0.2, -0.15) is 0 Å². The van der Waals surface area contributed by atoms with Crippen LogP contribution < -0.4 is 14.8 Å². The van der Waals surface area contributed by atoms with Crippen LogP contribution in [0.2, 0.25) is 0 Å². The molecule has 0 aliphatic heterocycles. The summed E-state index contributed by atoms with van der Waals surface area (Å²) in [5, 5.41) is 2.75. The summed E-state index contributed by atoms with van der Waals surface area (Å²) in [5.41, 5.74) is 0. The molecule has 0 atom stereocenters. The van der Waals surface area contributed by atoms with Gasteiger partial charge < -0.3 is 10.1 Å². The van der Waals surface area contributed by atoms with Crippen LogP contribution in [-0.4, -0.2) is 34.0 Å². The first-order valence-corrected chi connectivity index (χ1v) is 9.43. The average molecular weight is 342 g/mol. The standard InChI is InChI=1S/C16H26N2O4S/c1-4-13(5-2)16(19)17-11-12-18-23(20,21)15-9-7-14(8-10-15)22-6-3/h7-10,13,18H,4-6,11-12H2,1-3H3,(H,17,19). The fourth-order valence-corrected chi connectivity index (χ4v) is 3.17. The molecule has 23 heavy (non-hydrogen) atoms. The maximum atomic E-state index is 12.1. The number of amides is 1. The van der Waals surface area contributed by atoms with Crippen molar-refractivity contribution in [3.8, 4) is 5.75 Å². The highest BCUT2D eigenvalue weighted by Gasteiger charge is 2.15. The van der Waals surface area contributed by atoms with E-state index in [9.17, 15) is 13.2 Å². The number of rotatable bonds is 10. The van der Waals surface area contributed by atoms with Crippen LogP contribution in [0.1, 0.15) is 33.6 Å². The molecule has 0 aliphatic rings. The molecule has 6 nitrogen and oxygen atoms in total. The predicted octanol–water partition coefficient (Wildman–Crippen LogP) is 1.92. The molecule has 0 bridgehead atoms. The molecular formula is C16H26N2O4S. The summed E-state index contributed by atoms with van der Waals surface area (Å²) in [6.45, 7) is 6.74. The third-order valence-electron chi connectivity index (χ3n) is 3.52. The lowest BCUT2D eigenvalue weighted by atomic mass is 10.0. The van der Waals surface area contributed by atoms with Gasteiger partial charge in [-0.25, -0.2) is 13.1 Å². The largest absolute Gasteiger partial charge is 0.494 e. The maximum Gasteiger partial charge on any atom is 0.240 e. The maximum absolute atomic E-state index is 12.1. The van der Waals surface area contributed by atoms with Crippen molar-refractivity contribution in [1.29, 1.82) is 0 Å². The van der Waals surface area contributed by atoms with Gasteiger partial charge >= 0.3 is 0 Å². The number of benzene rings is 1. The fraction of sp³-hybridized carbons (Fsp3) is 0.562. The summed E-state index contributed by atoms with van der Waals surface area (Å²) in [6, 6.07) is 6.23. The van der Waals surface area contributed by atoms with Gasteiger partial charge in [0.15, 0.2) is 0 Å². The Kier molecular flexibility index (Phi) is 8.05. The quantitative estimate of drug-likeness (QED) is 0.636. The molecule has 0 saturated carbocycles. The Labute approximate surface area is 138 Å². The summed E-state index contributed by atoms with van der Waals surface area (Å²) >= 11 is 0. The number of sulfonamides is 1. The van der Waals surface area contributed by atoms with Gasteiger partial charge in [0.1, 0.15) is 5.75 Å². The van der Waals surface area contributed by atoms with E-state index in [1.807, 2.05) is 20.8 Å².